The molecule has 0 spiro atoms. The maximum Gasteiger partial charge on any atom is 0.142 e. The first-order chi connectivity index (χ1) is 12.2. The van der Waals surface area contributed by atoms with Crippen molar-refractivity contribution >= 4 is 20.4 Å². The summed E-state index contributed by atoms with van der Waals surface area (Å²) in [5.74, 6) is 0.365. The summed E-state index contributed by atoms with van der Waals surface area (Å²) in [6.07, 6.45) is 6.90. The Balaban J connectivity index is 1.59. The van der Waals surface area contributed by atoms with Crippen LogP contribution in [-0.2, 0) is 0 Å². The highest BCUT2D eigenvalue weighted by atomic mass is 35.5. The standard InChI is InChI=1S/C22H27ClFSi/c1-2-3-4-13-25-14-11-19(12-15-25)17-5-7-18(8-6-17)20-9-10-21(23)22(24)16-20/h5-10,16,19H,2-4,11-15H2,1H3. The van der Waals surface area contributed by atoms with Crippen LogP contribution >= 0.6 is 11.6 Å². The van der Waals surface area contributed by atoms with Gasteiger partial charge in [0.1, 0.15) is 5.82 Å². The molecule has 1 heterocycles. The van der Waals surface area contributed by atoms with Crippen LogP contribution in [-0.4, -0.2) is 8.80 Å². The van der Waals surface area contributed by atoms with Crippen molar-refractivity contribution in [1.82, 2.24) is 0 Å². The highest BCUT2D eigenvalue weighted by Gasteiger charge is 2.23. The number of halogens is 2. The van der Waals surface area contributed by atoms with Crippen LogP contribution < -0.4 is 0 Å². The third kappa shape index (κ3) is 4.95. The summed E-state index contributed by atoms with van der Waals surface area (Å²) in [5, 5.41) is 0.180. The molecule has 2 aromatic carbocycles. The van der Waals surface area contributed by atoms with E-state index >= 15 is 0 Å². The zero-order valence-electron chi connectivity index (χ0n) is 15.0. The van der Waals surface area contributed by atoms with Gasteiger partial charge in [-0.15, -0.1) is 0 Å². The van der Waals surface area contributed by atoms with Crippen molar-refractivity contribution in [2.24, 2.45) is 0 Å². The van der Waals surface area contributed by atoms with E-state index in [-0.39, 0.29) is 19.6 Å². The molecule has 0 N–H and O–H groups in total. The van der Waals surface area contributed by atoms with Gasteiger partial charge in [0, 0.05) is 8.80 Å². The summed E-state index contributed by atoms with van der Waals surface area (Å²) >= 11 is 5.77. The average molecular weight is 374 g/mol. The van der Waals surface area contributed by atoms with Crippen molar-refractivity contribution in [3.63, 3.8) is 0 Å². The Morgan fingerprint density at radius 3 is 2.32 bits per heavy atom. The average Bonchev–Trinajstić information content (AvgIpc) is 2.65. The Morgan fingerprint density at radius 2 is 1.68 bits per heavy atom. The van der Waals surface area contributed by atoms with Gasteiger partial charge in [0.05, 0.1) is 5.02 Å². The van der Waals surface area contributed by atoms with E-state index < -0.39 is 0 Å². The van der Waals surface area contributed by atoms with Crippen molar-refractivity contribution in [3.8, 4) is 11.1 Å². The minimum Gasteiger partial charge on any atom is -0.205 e. The summed E-state index contributed by atoms with van der Waals surface area (Å²) in [4.78, 5) is 0. The third-order valence-electron chi connectivity index (χ3n) is 5.46. The van der Waals surface area contributed by atoms with Gasteiger partial charge in [-0.1, -0.05) is 86.3 Å². The van der Waals surface area contributed by atoms with Gasteiger partial charge in [0.25, 0.3) is 0 Å². The first-order valence-electron chi connectivity index (χ1n) is 9.56. The van der Waals surface area contributed by atoms with E-state index in [1.54, 1.807) is 6.07 Å². The second-order valence-corrected chi connectivity index (χ2v) is 10.6. The van der Waals surface area contributed by atoms with Crippen LogP contribution in [0, 0.1) is 5.82 Å². The van der Waals surface area contributed by atoms with Gasteiger partial charge >= 0.3 is 0 Å². The Bertz CT molecular complexity index is 675. The van der Waals surface area contributed by atoms with E-state index in [0.29, 0.717) is 0 Å². The highest BCUT2D eigenvalue weighted by molar-refractivity contribution is 6.59. The minimum absolute atomic E-state index is 0.0736. The van der Waals surface area contributed by atoms with Crippen molar-refractivity contribution in [1.29, 1.82) is 0 Å². The smallest absolute Gasteiger partial charge is 0.142 e. The molecule has 0 aliphatic carbocycles. The normalized spacial score (nSPS) is 16.3. The molecule has 3 heteroatoms. The molecular formula is C22H27ClFSi. The number of benzene rings is 2. The molecule has 1 fully saturated rings. The van der Waals surface area contributed by atoms with Gasteiger partial charge in [-0.25, -0.2) is 4.39 Å². The molecule has 133 valence electrons. The zero-order chi connectivity index (χ0) is 17.6. The fourth-order valence-electron chi connectivity index (χ4n) is 3.86. The highest BCUT2D eigenvalue weighted by Crippen LogP contribution is 2.36. The molecule has 0 saturated carbocycles. The van der Waals surface area contributed by atoms with Crippen LogP contribution in [0.2, 0.25) is 23.2 Å². The Hall–Kier alpha value is -1.12. The third-order valence-corrected chi connectivity index (χ3v) is 8.82. The summed E-state index contributed by atoms with van der Waals surface area (Å²) in [5.41, 5.74) is 3.39. The van der Waals surface area contributed by atoms with Crippen LogP contribution in [0.15, 0.2) is 42.5 Å². The molecule has 0 atom stereocenters. The number of hydrogen-bond donors (Lipinski definition) is 0. The van der Waals surface area contributed by atoms with Gasteiger partial charge in [0.2, 0.25) is 0 Å². The molecule has 1 saturated heterocycles. The molecule has 0 aromatic heterocycles. The SMILES string of the molecule is CCCCC[Si]1CCC(c2ccc(-c3ccc(Cl)c(F)c3)cc2)CC1. The van der Waals surface area contributed by atoms with Crippen LogP contribution in [0.4, 0.5) is 4.39 Å². The molecule has 2 aromatic rings. The van der Waals surface area contributed by atoms with E-state index in [0.717, 1.165) is 17.0 Å². The largest absolute Gasteiger partial charge is 0.205 e. The van der Waals surface area contributed by atoms with Gasteiger partial charge in [-0.05, 0) is 47.6 Å². The van der Waals surface area contributed by atoms with E-state index in [1.807, 2.05) is 6.07 Å². The van der Waals surface area contributed by atoms with Crippen LogP contribution in [0.3, 0.4) is 0 Å². The summed E-state index contributed by atoms with van der Waals surface area (Å²) < 4.78 is 13.7. The summed E-state index contributed by atoms with van der Waals surface area (Å²) in [6.45, 7) is 2.29. The Morgan fingerprint density at radius 1 is 1.00 bits per heavy atom. The molecule has 1 aliphatic heterocycles. The fraction of sp³-hybridized carbons (Fsp3) is 0.455. The molecule has 1 radical (unpaired) electrons. The predicted octanol–water partition coefficient (Wildman–Crippen LogP) is 7.71. The maximum atomic E-state index is 13.7. The molecular weight excluding hydrogens is 347 g/mol. The molecule has 25 heavy (non-hydrogen) atoms. The summed E-state index contributed by atoms with van der Waals surface area (Å²) in [6, 6.07) is 18.2. The zero-order valence-corrected chi connectivity index (χ0v) is 16.8. The number of hydrogen-bond acceptors (Lipinski definition) is 0. The van der Waals surface area contributed by atoms with E-state index in [9.17, 15) is 4.39 Å². The molecule has 3 rings (SSSR count). The van der Waals surface area contributed by atoms with Crippen LogP contribution in [0.25, 0.3) is 11.1 Å². The molecule has 1 aliphatic rings. The topological polar surface area (TPSA) is 0 Å². The monoisotopic (exact) mass is 373 g/mol. The quantitative estimate of drug-likeness (QED) is 0.359. The van der Waals surface area contributed by atoms with Crippen molar-refractivity contribution in [3.05, 3.63) is 58.9 Å². The molecule has 0 bridgehead atoms. The van der Waals surface area contributed by atoms with E-state index in [1.165, 1.54) is 61.9 Å². The minimum atomic E-state index is -0.353. The van der Waals surface area contributed by atoms with Gasteiger partial charge in [0.15, 0.2) is 0 Å². The van der Waals surface area contributed by atoms with Crippen molar-refractivity contribution < 1.29 is 4.39 Å². The molecule has 0 amide bonds. The Kier molecular flexibility index (Phi) is 6.72. The van der Waals surface area contributed by atoms with Gasteiger partial charge in [-0.3, -0.25) is 0 Å². The second kappa shape index (κ2) is 9.00. The van der Waals surface area contributed by atoms with Crippen molar-refractivity contribution in [2.45, 2.75) is 63.1 Å². The predicted molar refractivity (Wildman–Crippen MR) is 109 cm³/mol. The molecule has 0 nitrogen and oxygen atoms in total. The molecule has 0 unspecified atom stereocenters. The lowest BCUT2D eigenvalue weighted by atomic mass is 9.92. The Labute approximate surface area is 158 Å². The van der Waals surface area contributed by atoms with E-state index in [2.05, 4.69) is 31.2 Å². The van der Waals surface area contributed by atoms with Crippen molar-refractivity contribution in [2.75, 3.05) is 0 Å². The van der Waals surface area contributed by atoms with E-state index in [4.69, 9.17) is 11.6 Å². The lowest BCUT2D eigenvalue weighted by Gasteiger charge is -2.28. The summed E-state index contributed by atoms with van der Waals surface area (Å²) in [7, 11) is -0.0736. The maximum absolute atomic E-state index is 13.7. The number of rotatable bonds is 6. The lowest BCUT2D eigenvalue weighted by molar-refractivity contribution is 0.603. The van der Waals surface area contributed by atoms with Crippen LogP contribution in [0.1, 0.15) is 50.5 Å². The lowest BCUT2D eigenvalue weighted by Crippen LogP contribution is -2.20. The fourth-order valence-corrected chi connectivity index (χ4v) is 6.99. The number of unbranched alkanes of at least 4 members (excludes halogenated alkanes) is 2. The van der Waals surface area contributed by atoms with Gasteiger partial charge in [-0.2, -0.15) is 0 Å². The van der Waals surface area contributed by atoms with Crippen LogP contribution in [0.5, 0.6) is 0 Å². The second-order valence-electron chi connectivity index (χ2n) is 7.23. The first kappa shape index (κ1) is 18.7. The van der Waals surface area contributed by atoms with Gasteiger partial charge < -0.3 is 0 Å². The first-order valence-corrected chi connectivity index (χ1v) is 12.1.